The smallest absolute Gasteiger partial charge is 0.343 e. The SMILES string of the molecule is COc1cc(-c2ccc(C(=O)Oc3cccc([C@H](C4CC4)[C@H](C)C(=O)O)c3)cc2CN(C[C@H](O)[C@@H](O)[C@H](O)[C@H](O)CO)C(C)C)c(F)cn1. The number of aliphatic hydroxyl groups is 5. The van der Waals surface area contributed by atoms with E-state index in [4.69, 9.17) is 14.6 Å². The van der Waals surface area contributed by atoms with E-state index in [0.29, 0.717) is 11.1 Å². The number of aliphatic hydroxyl groups excluding tert-OH is 5. The number of methoxy groups -OCH3 is 1. The zero-order valence-electron chi connectivity index (χ0n) is 27.9. The average molecular weight is 685 g/mol. The van der Waals surface area contributed by atoms with Crippen LogP contribution in [0.1, 0.15) is 61.0 Å². The summed E-state index contributed by atoms with van der Waals surface area (Å²) in [5.41, 5.74) is 1.88. The molecule has 1 aromatic heterocycles. The Morgan fingerprint density at radius 2 is 1.67 bits per heavy atom. The molecule has 13 heteroatoms. The molecular formula is C36H45FN2O10. The van der Waals surface area contributed by atoms with Gasteiger partial charge in [0.25, 0.3) is 0 Å². The zero-order valence-corrected chi connectivity index (χ0v) is 27.9. The lowest BCUT2D eigenvalue weighted by molar-refractivity contribution is -0.142. The number of carboxylic acids is 1. The van der Waals surface area contributed by atoms with E-state index in [1.807, 2.05) is 19.9 Å². The van der Waals surface area contributed by atoms with E-state index in [1.165, 1.54) is 25.3 Å². The van der Waals surface area contributed by atoms with Crippen LogP contribution < -0.4 is 9.47 Å². The molecule has 4 rings (SSSR count). The van der Waals surface area contributed by atoms with Crippen molar-refractivity contribution in [3.05, 3.63) is 77.2 Å². The average Bonchev–Trinajstić information content (AvgIpc) is 3.92. The van der Waals surface area contributed by atoms with Crippen LogP contribution in [0.25, 0.3) is 11.1 Å². The van der Waals surface area contributed by atoms with Crippen LogP contribution >= 0.6 is 0 Å². The van der Waals surface area contributed by atoms with Crippen LogP contribution in [0.2, 0.25) is 0 Å². The van der Waals surface area contributed by atoms with Crippen LogP contribution in [-0.2, 0) is 11.3 Å². The maximum absolute atomic E-state index is 15.2. The van der Waals surface area contributed by atoms with Gasteiger partial charge in [-0.1, -0.05) is 25.1 Å². The molecule has 12 nitrogen and oxygen atoms in total. The Morgan fingerprint density at radius 1 is 0.980 bits per heavy atom. The van der Waals surface area contributed by atoms with Gasteiger partial charge in [0.15, 0.2) is 0 Å². The van der Waals surface area contributed by atoms with Gasteiger partial charge in [0.05, 0.1) is 37.5 Å². The molecule has 0 spiro atoms. The van der Waals surface area contributed by atoms with Crippen molar-refractivity contribution in [1.82, 2.24) is 9.88 Å². The number of benzene rings is 2. The minimum Gasteiger partial charge on any atom is -0.481 e. The van der Waals surface area contributed by atoms with E-state index < -0.39 is 54.7 Å². The lowest BCUT2D eigenvalue weighted by Gasteiger charge is -2.33. The highest BCUT2D eigenvalue weighted by molar-refractivity contribution is 5.92. The van der Waals surface area contributed by atoms with Crippen molar-refractivity contribution < 1.29 is 54.1 Å². The number of aliphatic carboxylic acids is 1. The monoisotopic (exact) mass is 684 g/mol. The van der Waals surface area contributed by atoms with Crippen molar-refractivity contribution in [2.75, 3.05) is 20.3 Å². The summed E-state index contributed by atoms with van der Waals surface area (Å²) in [5, 5.41) is 59.9. The first-order chi connectivity index (χ1) is 23.2. The topological polar surface area (TPSA) is 190 Å². The highest BCUT2D eigenvalue weighted by atomic mass is 19.1. The lowest BCUT2D eigenvalue weighted by Crippen LogP contribution is -2.50. The van der Waals surface area contributed by atoms with Gasteiger partial charge in [0, 0.05) is 30.8 Å². The van der Waals surface area contributed by atoms with Crippen molar-refractivity contribution in [2.24, 2.45) is 11.8 Å². The molecule has 0 bridgehead atoms. The van der Waals surface area contributed by atoms with E-state index in [-0.39, 0.29) is 53.7 Å². The molecule has 0 aliphatic heterocycles. The Hall–Kier alpha value is -3.98. The molecular weight excluding hydrogens is 639 g/mol. The molecule has 1 saturated carbocycles. The predicted molar refractivity (Wildman–Crippen MR) is 177 cm³/mol. The quantitative estimate of drug-likeness (QED) is 0.0902. The first-order valence-corrected chi connectivity index (χ1v) is 16.2. The number of carboxylic acid groups (broad SMARTS) is 1. The van der Waals surface area contributed by atoms with Crippen molar-refractivity contribution in [3.63, 3.8) is 0 Å². The molecule has 0 radical (unpaired) electrons. The largest absolute Gasteiger partial charge is 0.481 e. The number of carbonyl (C=O) groups excluding carboxylic acids is 1. The third-order valence-corrected chi connectivity index (χ3v) is 9.03. The van der Waals surface area contributed by atoms with Gasteiger partial charge >= 0.3 is 11.9 Å². The fraction of sp³-hybridized carbons (Fsp3) is 0.472. The van der Waals surface area contributed by atoms with Gasteiger partial charge in [-0.2, -0.15) is 0 Å². The number of pyridine rings is 1. The Bertz CT molecular complexity index is 1600. The summed E-state index contributed by atoms with van der Waals surface area (Å²) in [6, 6.07) is 12.6. The predicted octanol–water partition coefficient (Wildman–Crippen LogP) is 2.98. The van der Waals surface area contributed by atoms with Gasteiger partial charge < -0.3 is 40.1 Å². The van der Waals surface area contributed by atoms with Gasteiger partial charge in [-0.3, -0.25) is 9.69 Å². The minimum absolute atomic E-state index is 0.0340. The number of rotatable bonds is 17. The normalized spacial score (nSPS) is 16.9. The summed E-state index contributed by atoms with van der Waals surface area (Å²) < 4.78 is 26.1. The second kappa shape index (κ2) is 16.6. The Kier molecular flexibility index (Phi) is 12.8. The molecule has 3 aromatic rings. The van der Waals surface area contributed by atoms with Crippen molar-refractivity contribution >= 4 is 11.9 Å². The minimum atomic E-state index is -1.81. The molecule has 1 heterocycles. The van der Waals surface area contributed by atoms with Gasteiger partial charge in [0.1, 0.15) is 29.9 Å². The highest BCUT2D eigenvalue weighted by Gasteiger charge is 2.39. The van der Waals surface area contributed by atoms with Crippen molar-refractivity contribution in [2.45, 2.75) is 76.5 Å². The summed E-state index contributed by atoms with van der Waals surface area (Å²) in [7, 11) is 1.39. The molecule has 0 unspecified atom stereocenters. The third-order valence-electron chi connectivity index (χ3n) is 9.03. The second-order valence-corrected chi connectivity index (χ2v) is 12.9. The number of nitrogens with zero attached hydrogens (tertiary/aromatic N) is 2. The van der Waals surface area contributed by atoms with E-state index in [1.54, 1.807) is 36.1 Å². The van der Waals surface area contributed by atoms with E-state index in [0.717, 1.165) is 24.6 Å². The van der Waals surface area contributed by atoms with E-state index >= 15 is 4.39 Å². The number of carbonyl (C=O) groups is 2. The van der Waals surface area contributed by atoms with Crippen LogP contribution in [0.5, 0.6) is 11.6 Å². The lowest BCUT2D eigenvalue weighted by atomic mass is 9.83. The fourth-order valence-electron chi connectivity index (χ4n) is 5.97. The number of hydrogen-bond donors (Lipinski definition) is 6. The van der Waals surface area contributed by atoms with Gasteiger partial charge in [-0.15, -0.1) is 0 Å². The van der Waals surface area contributed by atoms with Gasteiger partial charge in [-0.25, -0.2) is 14.2 Å². The van der Waals surface area contributed by atoms with Crippen LogP contribution in [0.15, 0.2) is 54.7 Å². The summed E-state index contributed by atoms with van der Waals surface area (Å²) in [6.07, 6.45) is -3.95. The van der Waals surface area contributed by atoms with Gasteiger partial charge in [0.2, 0.25) is 5.88 Å². The van der Waals surface area contributed by atoms with Gasteiger partial charge in [-0.05, 0) is 79.5 Å². The standard InChI is InChI=1S/C36H45FN2O10/c1-19(2)39(17-29(41)33(43)34(44)30(42)18-40)16-24-12-23(10-11-26(24)27-14-31(48-4)38-15-28(27)37)36(47)49-25-7-5-6-22(13-25)32(21-8-9-21)20(3)35(45)46/h5-7,10-15,19-21,29-30,32-34,40-44H,8-9,16-18H2,1-4H3,(H,45,46)/t20-,29-,30+,32-,33+,34+/m0/s1. The molecule has 0 amide bonds. The maximum Gasteiger partial charge on any atom is 0.343 e. The molecule has 1 aliphatic rings. The Balaban J connectivity index is 1.67. The maximum atomic E-state index is 15.2. The summed E-state index contributed by atoms with van der Waals surface area (Å²) in [4.78, 5) is 31.0. The summed E-state index contributed by atoms with van der Waals surface area (Å²) in [6.45, 7) is 4.33. The first-order valence-electron chi connectivity index (χ1n) is 16.2. The van der Waals surface area contributed by atoms with Crippen LogP contribution in [0.3, 0.4) is 0 Å². The number of aromatic nitrogens is 1. The fourth-order valence-corrected chi connectivity index (χ4v) is 5.97. The van der Waals surface area contributed by atoms with Crippen molar-refractivity contribution in [1.29, 1.82) is 0 Å². The molecule has 2 aromatic carbocycles. The first kappa shape index (κ1) is 37.8. The number of esters is 1. The van der Waals surface area contributed by atoms with E-state index in [9.17, 15) is 35.1 Å². The summed E-state index contributed by atoms with van der Waals surface area (Å²) in [5.74, 6) is -2.46. The van der Waals surface area contributed by atoms with Crippen LogP contribution in [0.4, 0.5) is 4.39 Å². The van der Waals surface area contributed by atoms with E-state index in [2.05, 4.69) is 4.98 Å². The molecule has 266 valence electrons. The molecule has 1 aliphatic carbocycles. The van der Waals surface area contributed by atoms with Crippen LogP contribution in [0, 0.1) is 17.7 Å². The van der Waals surface area contributed by atoms with Crippen LogP contribution in [-0.4, -0.2) is 103 Å². The number of halogens is 1. The molecule has 6 N–H and O–H groups in total. The molecule has 6 atom stereocenters. The molecule has 1 fully saturated rings. The van der Waals surface area contributed by atoms with Crippen molar-refractivity contribution in [3.8, 4) is 22.8 Å². The number of ether oxygens (including phenoxy) is 2. The Labute approximate surface area is 284 Å². The summed E-state index contributed by atoms with van der Waals surface area (Å²) >= 11 is 0. The second-order valence-electron chi connectivity index (χ2n) is 12.9. The molecule has 49 heavy (non-hydrogen) atoms. The zero-order chi connectivity index (χ0) is 36.0. The highest BCUT2D eigenvalue weighted by Crippen LogP contribution is 2.47. The number of hydrogen-bond acceptors (Lipinski definition) is 11. The molecule has 0 saturated heterocycles. The third kappa shape index (κ3) is 9.38. The Morgan fingerprint density at radius 3 is 2.29 bits per heavy atom.